The van der Waals surface area contributed by atoms with E-state index >= 15 is 0 Å². The lowest BCUT2D eigenvalue weighted by molar-refractivity contribution is 0.180. The van der Waals surface area contributed by atoms with Crippen LogP contribution in [0.2, 0.25) is 0 Å². The Kier molecular flexibility index (Phi) is 4.12. The smallest absolute Gasteiger partial charge is 0.233 e. The first-order valence-electron chi connectivity index (χ1n) is 7.46. The molecule has 1 aliphatic heterocycles. The Balaban J connectivity index is 1.50. The molecule has 3 rings (SSSR count). The lowest BCUT2D eigenvalue weighted by Crippen LogP contribution is -2.39. The van der Waals surface area contributed by atoms with Crippen molar-refractivity contribution in [2.75, 3.05) is 26.0 Å². The highest BCUT2D eigenvalue weighted by atomic mass is 32.2. The van der Waals surface area contributed by atoms with Gasteiger partial charge >= 0.3 is 0 Å². The summed E-state index contributed by atoms with van der Waals surface area (Å²) < 4.78 is 30.2. The maximum Gasteiger partial charge on any atom is 0.233 e. The summed E-state index contributed by atoms with van der Waals surface area (Å²) in [6.07, 6.45) is 6.18. The predicted octanol–water partition coefficient (Wildman–Crippen LogP) is 1.02. The zero-order chi connectivity index (χ0) is 14.9. The molecule has 1 aliphatic carbocycles. The van der Waals surface area contributed by atoms with Crippen molar-refractivity contribution in [1.82, 2.24) is 14.5 Å². The maximum atomic E-state index is 11.5. The summed E-state index contributed by atoms with van der Waals surface area (Å²) in [4.78, 5) is 0. The summed E-state index contributed by atoms with van der Waals surface area (Å²) in [5.74, 6) is 0.985. The maximum absolute atomic E-state index is 11.5. The number of nitrogens with zero attached hydrogens (tertiary/aromatic N) is 3. The van der Waals surface area contributed by atoms with Gasteiger partial charge in [-0.3, -0.25) is 0 Å². The predicted molar refractivity (Wildman–Crippen MR) is 78.7 cm³/mol. The van der Waals surface area contributed by atoms with Crippen LogP contribution in [0.15, 0.2) is 6.07 Å². The lowest BCUT2D eigenvalue weighted by Gasteiger charge is -2.29. The molecule has 0 aromatic carbocycles. The van der Waals surface area contributed by atoms with Gasteiger partial charge in [0.1, 0.15) is 0 Å². The van der Waals surface area contributed by atoms with E-state index in [0.717, 1.165) is 37.8 Å². The number of fused-ring (bicyclic) bond motifs is 1. The van der Waals surface area contributed by atoms with Gasteiger partial charge in [0.2, 0.25) is 15.9 Å². The first-order valence-corrected chi connectivity index (χ1v) is 9.30. The van der Waals surface area contributed by atoms with Gasteiger partial charge in [-0.2, -0.15) is 5.10 Å². The van der Waals surface area contributed by atoms with E-state index in [0.29, 0.717) is 31.5 Å². The first kappa shape index (κ1) is 14.7. The zero-order valence-corrected chi connectivity index (χ0v) is 13.1. The molecule has 0 unspecified atom stereocenters. The lowest BCUT2D eigenvalue weighted by atomic mass is 9.99. The molecule has 6 nitrogen and oxygen atoms in total. The van der Waals surface area contributed by atoms with Gasteiger partial charge in [0.05, 0.1) is 18.6 Å². The second-order valence-corrected chi connectivity index (χ2v) is 7.91. The fourth-order valence-corrected chi connectivity index (χ4v) is 3.86. The third-order valence-corrected chi connectivity index (χ3v) is 5.61. The van der Waals surface area contributed by atoms with E-state index in [-0.39, 0.29) is 0 Å². The van der Waals surface area contributed by atoms with Crippen molar-refractivity contribution in [1.29, 1.82) is 0 Å². The molecule has 7 heteroatoms. The van der Waals surface area contributed by atoms with Gasteiger partial charge in [-0.15, -0.1) is 5.10 Å². The number of ether oxygens (including phenoxy) is 1. The monoisotopic (exact) mass is 311 g/mol. The number of piperidine rings is 1. The number of hydrogen-bond donors (Lipinski definition) is 0. The molecule has 21 heavy (non-hydrogen) atoms. The van der Waals surface area contributed by atoms with Gasteiger partial charge in [0.15, 0.2) is 0 Å². The minimum Gasteiger partial charge on any atom is -0.476 e. The molecule has 2 aliphatic rings. The Bertz CT molecular complexity index is 610. The Labute approximate surface area is 125 Å². The van der Waals surface area contributed by atoms with E-state index in [1.54, 1.807) is 4.31 Å². The molecular weight excluding hydrogens is 290 g/mol. The largest absolute Gasteiger partial charge is 0.476 e. The molecule has 2 heterocycles. The summed E-state index contributed by atoms with van der Waals surface area (Å²) in [6, 6.07) is 2.00. The highest BCUT2D eigenvalue weighted by Crippen LogP contribution is 2.23. The average molecular weight is 311 g/mol. The highest BCUT2D eigenvalue weighted by Gasteiger charge is 2.25. The van der Waals surface area contributed by atoms with Gasteiger partial charge in [-0.25, -0.2) is 12.7 Å². The summed E-state index contributed by atoms with van der Waals surface area (Å²) >= 11 is 0. The Morgan fingerprint density at radius 2 is 2.05 bits per heavy atom. The van der Waals surface area contributed by atoms with Crippen LogP contribution in [0.4, 0.5) is 0 Å². The van der Waals surface area contributed by atoms with Crippen LogP contribution in [0.5, 0.6) is 5.88 Å². The SMILES string of the molecule is CS(=O)(=O)N1CCC(COc2cc3c(nn2)CCC3)CC1. The van der Waals surface area contributed by atoms with Gasteiger partial charge in [-0.05, 0) is 43.6 Å². The van der Waals surface area contributed by atoms with E-state index in [4.69, 9.17) is 4.74 Å². The molecule has 0 radical (unpaired) electrons. The van der Waals surface area contributed by atoms with Crippen LogP contribution >= 0.6 is 0 Å². The molecule has 0 saturated carbocycles. The zero-order valence-electron chi connectivity index (χ0n) is 12.3. The topological polar surface area (TPSA) is 72.4 Å². The van der Waals surface area contributed by atoms with Crippen molar-refractivity contribution in [3.05, 3.63) is 17.3 Å². The summed E-state index contributed by atoms with van der Waals surface area (Å²) in [7, 11) is -3.05. The second-order valence-electron chi connectivity index (χ2n) is 5.92. The number of sulfonamides is 1. The summed E-state index contributed by atoms with van der Waals surface area (Å²) in [5.41, 5.74) is 2.36. The number of aromatic nitrogens is 2. The van der Waals surface area contributed by atoms with Gasteiger partial charge in [0, 0.05) is 19.2 Å². The molecule has 0 N–H and O–H groups in total. The van der Waals surface area contributed by atoms with Crippen molar-refractivity contribution >= 4 is 10.0 Å². The molecule has 1 fully saturated rings. The van der Waals surface area contributed by atoms with Crippen LogP contribution in [0.25, 0.3) is 0 Å². The Morgan fingerprint density at radius 3 is 2.76 bits per heavy atom. The average Bonchev–Trinajstić information content (AvgIpc) is 2.92. The van der Waals surface area contributed by atoms with Crippen molar-refractivity contribution in [2.45, 2.75) is 32.1 Å². The number of hydrogen-bond acceptors (Lipinski definition) is 5. The molecule has 0 atom stereocenters. The van der Waals surface area contributed by atoms with Crippen molar-refractivity contribution < 1.29 is 13.2 Å². The van der Waals surface area contributed by atoms with Crippen LogP contribution < -0.4 is 4.74 Å². The van der Waals surface area contributed by atoms with Crippen molar-refractivity contribution in [3.8, 4) is 5.88 Å². The second kappa shape index (κ2) is 5.88. The van der Waals surface area contributed by atoms with Crippen LogP contribution in [0.1, 0.15) is 30.5 Å². The van der Waals surface area contributed by atoms with E-state index in [2.05, 4.69) is 10.2 Å². The van der Waals surface area contributed by atoms with Crippen LogP contribution in [-0.2, 0) is 22.9 Å². The molecule has 0 bridgehead atoms. The van der Waals surface area contributed by atoms with Gasteiger partial charge < -0.3 is 4.74 Å². The molecule has 116 valence electrons. The van der Waals surface area contributed by atoms with E-state index in [9.17, 15) is 8.42 Å². The molecule has 1 aromatic rings. The number of aryl methyl sites for hydroxylation is 2. The summed E-state index contributed by atoms with van der Waals surface area (Å²) in [6.45, 7) is 1.76. The van der Waals surface area contributed by atoms with E-state index in [1.165, 1.54) is 11.8 Å². The number of rotatable bonds is 4. The fourth-order valence-electron chi connectivity index (χ4n) is 2.99. The van der Waals surface area contributed by atoms with Gasteiger partial charge in [-0.1, -0.05) is 0 Å². The third kappa shape index (κ3) is 3.52. The summed E-state index contributed by atoms with van der Waals surface area (Å²) in [5, 5.41) is 8.32. The first-order chi connectivity index (χ1) is 10.0. The standard InChI is InChI=1S/C14H21N3O3S/c1-21(18,19)17-7-5-11(6-8-17)10-20-14-9-12-3-2-4-13(12)15-16-14/h9,11H,2-8,10H2,1H3. The minimum absolute atomic E-state index is 0.387. The van der Waals surface area contributed by atoms with Gasteiger partial charge in [0.25, 0.3) is 0 Å². The molecule has 0 spiro atoms. The van der Waals surface area contributed by atoms with Crippen LogP contribution in [0, 0.1) is 5.92 Å². The Hall–Kier alpha value is -1.21. The Morgan fingerprint density at radius 1 is 1.29 bits per heavy atom. The minimum atomic E-state index is -3.05. The normalized spacial score (nSPS) is 20.4. The fraction of sp³-hybridized carbons (Fsp3) is 0.714. The molecule has 1 aromatic heterocycles. The molecular formula is C14H21N3O3S. The van der Waals surface area contributed by atoms with Crippen LogP contribution in [-0.4, -0.2) is 48.9 Å². The molecule has 1 saturated heterocycles. The van der Waals surface area contributed by atoms with Crippen molar-refractivity contribution in [3.63, 3.8) is 0 Å². The third-order valence-electron chi connectivity index (χ3n) is 4.31. The quantitative estimate of drug-likeness (QED) is 0.830. The van der Waals surface area contributed by atoms with Crippen molar-refractivity contribution in [2.24, 2.45) is 5.92 Å². The molecule has 0 amide bonds. The van der Waals surface area contributed by atoms with E-state index in [1.807, 2.05) is 6.07 Å². The van der Waals surface area contributed by atoms with Crippen LogP contribution in [0.3, 0.4) is 0 Å². The van der Waals surface area contributed by atoms with E-state index < -0.39 is 10.0 Å². The highest BCUT2D eigenvalue weighted by molar-refractivity contribution is 7.88.